The average Bonchev–Trinajstić information content (AvgIpc) is 3.42. The second-order valence-electron chi connectivity index (χ2n) is 9.11. The Morgan fingerprint density at radius 2 is 1.94 bits per heavy atom. The van der Waals surface area contributed by atoms with E-state index in [1.54, 1.807) is 11.9 Å². The summed E-state index contributed by atoms with van der Waals surface area (Å²) in [4.78, 5) is 41.7. The summed E-state index contributed by atoms with van der Waals surface area (Å²) in [6, 6.07) is 8.83. The molecule has 0 saturated carbocycles. The molecule has 0 aromatic heterocycles. The van der Waals surface area contributed by atoms with E-state index in [0.717, 1.165) is 5.56 Å². The summed E-state index contributed by atoms with van der Waals surface area (Å²) in [5.74, 6) is -1.92. The van der Waals surface area contributed by atoms with Crippen molar-refractivity contribution in [2.24, 2.45) is 11.8 Å². The van der Waals surface area contributed by atoms with Crippen LogP contribution < -0.4 is 10.6 Å². The summed E-state index contributed by atoms with van der Waals surface area (Å²) in [7, 11) is 1.58. The quantitative estimate of drug-likeness (QED) is 0.493. The molecule has 2 bridgehead atoms. The third-order valence-corrected chi connectivity index (χ3v) is 7.57. The largest absolute Gasteiger partial charge is 0.396 e. The number of hydrogen-bond acceptors (Lipinski definition) is 5. The van der Waals surface area contributed by atoms with Crippen LogP contribution in [-0.2, 0) is 25.7 Å². The van der Waals surface area contributed by atoms with Gasteiger partial charge in [-0.25, -0.2) is 0 Å². The third-order valence-electron chi connectivity index (χ3n) is 7.57. The molecular formula is C24H33N3O5. The number of nitrogens with zero attached hydrogens (tertiary/aromatic N) is 1. The zero-order chi connectivity index (χ0) is 22.9. The van der Waals surface area contributed by atoms with Gasteiger partial charge in [0.05, 0.1) is 17.4 Å². The normalized spacial score (nSPS) is 32.8. The maximum absolute atomic E-state index is 13.7. The standard InChI is InChI=1S/C24H33N3O5/c1-3-23-11-12-24(32-23)18(17(23)20(29)25-2)22(31)27(13-7-8-14-28)19(24)21(30)26-15-16-9-5-4-6-10-16/h4-6,9-10,17-19,28H,3,7-8,11-15H2,1-2H3,(H,25,29)(H,26,30)/t17-,18-,19?,23+,24?/m0/s1. The minimum absolute atomic E-state index is 0.0256. The Kier molecular flexibility index (Phi) is 6.27. The van der Waals surface area contributed by atoms with E-state index in [1.165, 1.54) is 0 Å². The Bertz CT molecular complexity index is 878. The van der Waals surface area contributed by atoms with Gasteiger partial charge in [-0.1, -0.05) is 37.3 Å². The minimum atomic E-state index is -0.996. The number of ether oxygens (including phenoxy) is 1. The van der Waals surface area contributed by atoms with Gasteiger partial charge in [-0.2, -0.15) is 0 Å². The van der Waals surface area contributed by atoms with Crippen molar-refractivity contribution in [3.63, 3.8) is 0 Å². The molecule has 3 heterocycles. The zero-order valence-corrected chi connectivity index (χ0v) is 18.8. The Morgan fingerprint density at radius 3 is 2.59 bits per heavy atom. The first kappa shape index (κ1) is 22.7. The number of carbonyl (C=O) groups is 3. The number of nitrogens with one attached hydrogen (secondary N) is 2. The molecule has 3 aliphatic heterocycles. The van der Waals surface area contributed by atoms with Crippen LogP contribution in [0.15, 0.2) is 30.3 Å². The lowest BCUT2D eigenvalue weighted by Gasteiger charge is -2.33. The van der Waals surface area contributed by atoms with Crippen LogP contribution in [0, 0.1) is 11.8 Å². The van der Waals surface area contributed by atoms with E-state index in [2.05, 4.69) is 10.6 Å². The second kappa shape index (κ2) is 8.83. The van der Waals surface area contributed by atoms with Crippen molar-refractivity contribution in [3.05, 3.63) is 35.9 Å². The molecule has 32 heavy (non-hydrogen) atoms. The number of likely N-dealkylation sites (tertiary alicyclic amines) is 1. The molecule has 3 N–H and O–H groups in total. The number of aliphatic hydroxyl groups excluding tert-OH is 1. The Hall–Kier alpha value is -2.45. The summed E-state index contributed by atoms with van der Waals surface area (Å²) in [6.45, 7) is 2.71. The summed E-state index contributed by atoms with van der Waals surface area (Å²) < 4.78 is 6.62. The fourth-order valence-corrected chi connectivity index (χ4v) is 6.09. The van der Waals surface area contributed by atoms with Gasteiger partial charge in [0, 0.05) is 26.7 Å². The fraction of sp³-hybridized carbons (Fsp3) is 0.625. The fourth-order valence-electron chi connectivity index (χ4n) is 6.09. The molecule has 1 aromatic rings. The van der Waals surface area contributed by atoms with Gasteiger partial charge in [0.15, 0.2) is 0 Å². The van der Waals surface area contributed by atoms with Crippen molar-refractivity contribution < 1.29 is 24.2 Å². The number of amides is 3. The molecule has 3 fully saturated rings. The number of carbonyl (C=O) groups excluding carboxylic acids is 3. The Labute approximate surface area is 188 Å². The molecule has 4 rings (SSSR count). The van der Waals surface area contributed by atoms with Crippen molar-refractivity contribution in [3.8, 4) is 0 Å². The first-order chi connectivity index (χ1) is 15.4. The first-order valence-electron chi connectivity index (χ1n) is 11.6. The first-order valence-corrected chi connectivity index (χ1v) is 11.6. The van der Waals surface area contributed by atoms with Crippen LogP contribution in [0.2, 0.25) is 0 Å². The molecule has 3 amide bonds. The minimum Gasteiger partial charge on any atom is -0.396 e. The number of rotatable bonds is 9. The molecule has 1 spiro atoms. The maximum Gasteiger partial charge on any atom is 0.246 e. The number of unbranched alkanes of at least 4 members (excludes halogenated alkanes) is 1. The lowest BCUT2D eigenvalue weighted by molar-refractivity contribution is -0.147. The summed E-state index contributed by atoms with van der Waals surface area (Å²) in [5, 5.41) is 14.9. The van der Waals surface area contributed by atoms with Gasteiger partial charge in [0.2, 0.25) is 17.7 Å². The predicted octanol–water partition coefficient (Wildman–Crippen LogP) is 0.976. The van der Waals surface area contributed by atoms with Gasteiger partial charge in [0.1, 0.15) is 11.6 Å². The molecule has 8 heteroatoms. The van der Waals surface area contributed by atoms with Gasteiger partial charge in [-0.05, 0) is 37.7 Å². The van der Waals surface area contributed by atoms with E-state index < -0.39 is 29.1 Å². The van der Waals surface area contributed by atoms with Crippen LogP contribution in [0.4, 0.5) is 0 Å². The molecule has 174 valence electrons. The van der Waals surface area contributed by atoms with Crippen LogP contribution in [0.3, 0.4) is 0 Å². The molecule has 0 aliphatic carbocycles. The SMILES string of the molecule is CC[C@]12CCC3(O1)C(C(=O)NCc1ccccc1)N(CCCCO)C(=O)[C@@H]3[C@H]2C(=O)NC. The van der Waals surface area contributed by atoms with Gasteiger partial charge in [-0.15, -0.1) is 0 Å². The molecule has 3 saturated heterocycles. The highest BCUT2D eigenvalue weighted by Crippen LogP contribution is 2.64. The van der Waals surface area contributed by atoms with Crippen molar-refractivity contribution in [2.45, 2.75) is 62.8 Å². The lowest BCUT2D eigenvalue weighted by Crippen LogP contribution is -2.55. The van der Waals surface area contributed by atoms with Crippen LogP contribution in [0.25, 0.3) is 0 Å². The smallest absolute Gasteiger partial charge is 0.246 e. The molecule has 5 atom stereocenters. The summed E-state index contributed by atoms with van der Waals surface area (Å²) >= 11 is 0. The Morgan fingerprint density at radius 1 is 1.19 bits per heavy atom. The summed E-state index contributed by atoms with van der Waals surface area (Å²) in [5.41, 5.74) is -0.740. The van der Waals surface area contributed by atoms with Crippen molar-refractivity contribution in [1.29, 1.82) is 0 Å². The molecular weight excluding hydrogens is 410 g/mol. The Balaban J connectivity index is 1.66. The topological polar surface area (TPSA) is 108 Å². The van der Waals surface area contributed by atoms with E-state index in [9.17, 15) is 19.5 Å². The molecule has 3 aliphatic rings. The number of benzene rings is 1. The second-order valence-corrected chi connectivity index (χ2v) is 9.11. The molecule has 0 radical (unpaired) electrons. The van der Waals surface area contributed by atoms with Crippen molar-refractivity contribution >= 4 is 17.7 Å². The van der Waals surface area contributed by atoms with Crippen molar-refractivity contribution in [1.82, 2.24) is 15.5 Å². The molecule has 1 aromatic carbocycles. The van der Waals surface area contributed by atoms with Gasteiger partial charge < -0.3 is 25.4 Å². The zero-order valence-electron chi connectivity index (χ0n) is 18.8. The highest BCUT2D eigenvalue weighted by Gasteiger charge is 2.78. The van der Waals surface area contributed by atoms with E-state index in [-0.39, 0.29) is 24.3 Å². The monoisotopic (exact) mass is 443 g/mol. The number of hydrogen-bond donors (Lipinski definition) is 3. The van der Waals surface area contributed by atoms with Crippen LogP contribution in [0.1, 0.15) is 44.6 Å². The third kappa shape index (κ3) is 3.40. The number of aliphatic hydroxyl groups is 1. The maximum atomic E-state index is 13.7. The van der Waals surface area contributed by atoms with E-state index >= 15 is 0 Å². The van der Waals surface area contributed by atoms with Gasteiger partial charge >= 0.3 is 0 Å². The average molecular weight is 444 g/mol. The predicted molar refractivity (Wildman–Crippen MR) is 117 cm³/mol. The summed E-state index contributed by atoms with van der Waals surface area (Å²) in [6.07, 6.45) is 2.96. The van der Waals surface area contributed by atoms with Crippen LogP contribution in [0.5, 0.6) is 0 Å². The number of fused-ring (bicyclic) bond motifs is 1. The molecule has 8 nitrogen and oxygen atoms in total. The lowest BCUT2D eigenvalue weighted by atomic mass is 9.65. The van der Waals surface area contributed by atoms with E-state index in [1.807, 2.05) is 37.3 Å². The highest BCUT2D eigenvalue weighted by molar-refractivity contribution is 5.99. The van der Waals surface area contributed by atoms with E-state index in [0.29, 0.717) is 45.2 Å². The van der Waals surface area contributed by atoms with E-state index in [4.69, 9.17) is 4.74 Å². The molecule has 2 unspecified atom stereocenters. The van der Waals surface area contributed by atoms with Crippen LogP contribution >= 0.6 is 0 Å². The highest BCUT2D eigenvalue weighted by atomic mass is 16.5. The van der Waals surface area contributed by atoms with Crippen molar-refractivity contribution in [2.75, 3.05) is 20.2 Å². The van der Waals surface area contributed by atoms with Gasteiger partial charge in [-0.3, -0.25) is 14.4 Å². The van der Waals surface area contributed by atoms with Gasteiger partial charge in [0.25, 0.3) is 0 Å². The van der Waals surface area contributed by atoms with Crippen LogP contribution in [-0.4, -0.2) is 65.2 Å².